The van der Waals surface area contributed by atoms with Crippen molar-refractivity contribution in [1.82, 2.24) is 9.97 Å². The highest BCUT2D eigenvalue weighted by Gasteiger charge is 2.11. The van der Waals surface area contributed by atoms with Crippen molar-refractivity contribution < 1.29 is 4.74 Å². The molecule has 19 heavy (non-hydrogen) atoms. The molecule has 1 aromatic heterocycles. The van der Waals surface area contributed by atoms with E-state index in [0.717, 1.165) is 5.56 Å². The summed E-state index contributed by atoms with van der Waals surface area (Å²) >= 11 is 9.22. The van der Waals surface area contributed by atoms with Crippen LogP contribution in [-0.4, -0.2) is 17.1 Å². The topological polar surface area (TPSA) is 67.0 Å². The molecule has 0 saturated heterocycles. The maximum Gasteiger partial charge on any atom is 0.267 e. The van der Waals surface area contributed by atoms with Crippen molar-refractivity contribution in [1.29, 1.82) is 0 Å². The fourth-order valence-corrected chi connectivity index (χ4v) is 2.00. The Morgan fingerprint density at radius 3 is 2.89 bits per heavy atom. The third kappa shape index (κ3) is 2.90. The molecule has 0 radical (unpaired) electrons. The van der Waals surface area contributed by atoms with Gasteiger partial charge in [-0.25, -0.2) is 4.98 Å². The Morgan fingerprint density at radius 1 is 1.47 bits per heavy atom. The predicted molar refractivity (Wildman–Crippen MR) is 78.6 cm³/mol. The second-order valence-electron chi connectivity index (χ2n) is 3.82. The first-order valence-corrected chi connectivity index (χ1v) is 6.54. The zero-order valence-electron chi connectivity index (χ0n) is 10.3. The highest BCUT2D eigenvalue weighted by atomic mass is 79.9. The monoisotopic (exact) mass is 343 g/mol. The highest BCUT2D eigenvalue weighted by Crippen LogP contribution is 2.33. The number of rotatable bonds is 3. The van der Waals surface area contributed by atoms with Crippen LogP contribution in [0.2, 0.25) is 5.02 Å². The van der Waals surface area contributed by atoms with E-state index in [0.29, 0.717) is 26.8 Å². The second-order valence-corrected chi connectivity index (χ2v) is 5.02. The summed E-state index contributed by atoms with van der Waals surface area (Å²) in [5, 5.41) is 3.65. The molecule has 0 atom stereocenters. The van der Waals surface area contributed by atoms with Crippen LogP contribution in [0.15, 0.2) is 27.7 Å². The van der Waals surface area contributed by atoms with Gasteiger partial charge in [-0.2, -0.15) is 0 Å². The van der Waals surface area contributed by atoms with Crippen molar-refractivity contribution in [2.45, 2.75) is 6.92 Å². The molecule has 2 aromatic rings. The lowest BCUT2D eigenvalue weighted by Crippen LogP contribution is -2.10. The van der Waals surface area contributed by atoms with Crippen LogP contribution >= 0.6 is 27.5 Å². The number of ether oxygens (including phenoxy) is 1. The number of H-pyrrole nitrogens is 1. The summed E-state index contributed by atoms with van der Waals surface area (Å²) in [6.45, 7) is 1.88. The van der Waals surface area contributed by atoms with E-state index in [9.17, 15) is 4.79 Å². The van der Waals surface area contributed by atoms with Crippen LogP contribution in [0, 0.1) is 6.92 Å². The van der Waals surface area contributed by atoms with Gasteiger partial charge in [-0.1, -0.05) is 11.6 Å². The number of hydrogen-bond acceptors (Lipinski definition) is 4. The molecule has 0 amide bonds. The summed E-state index contributed by atoms with van der Waals surface area (Å²) < 4.78 is 5.57. The molecule has 1 aromatic carbocycles. The van der Waals surface area contributed by atoms with E-state index in [-0.39, 0.29) is 5.56 Å². The Kier molecular flexibility index (Phi) is 4.11. The Bertz CT molecular complexity index is 673. The molecular formula is C12H11BrClN3O2. The first kappa shape index (κ1) is 13.9. The summed E-state index contributed by atoms with van der Waals surface area (Å²) in [5.74, 6) is 0.980. The van der Waals surface area contributed by atoms with Crippen molar-refractivity contribution in [3.63, 3.8) is 0 Å². The Labute approximate surface area is 123 Å². The van der Waals surface area contributed by atoms with Gasteiger partial charge in [0.15, 0.2) is 5.82 Å². The summed E-state index contributed by atoms with van der Waals surface area (Å²) in [6, 6.07) is 3.54. The van der Waals surface area contributed by atoms with Crippen LogP contribution in [0.5, 0.6) is 5.75 Å². The molecular weight excluding hydrogens is 334 g/mol. The van der Waals surface area contributed by atoms with E-state index in [1.807, 2.05) is 13.0 Å². The number of halogens is 2. The summed E-state index contributed by atoms with van der Waals surface area (Å²) in [5.41, 5.74) is 1.32. The predicted octanol–water partition coefficient (Wildman–Crippen LogP) is 3.25. The largest absolute Gasteiger partial charge is 0.495 e. The molecule has 0 bridgehead atoms. The van der Waals surface area contributed by atoms with Crippen LogP contribution in [0.25, 0.3) is 0 Å². The van der Waals surface area contributed by atoms with Crippen LogP contribution in [0.1, 0.15) is 5.56 Å². The van der Waals surface area contributed by atoms with Gasteiger partial charge < -0.3 is 15.0 Å². The van der Waals surface area contributed by atoms with Crippen LogP contribution < -0.4 is 15.6 Å². The fraction of sp³-hybridized carbons (Fsp3) is 0.167. The minimum absolute atomic E-state index is 0.262. The highest BCUT2D eigenvalue weighted by molar-refractivity contribution is 9.10. The van der Waals surface area contributed by atoms with Gasteiger partial charge in [-0.15, -0.1) is 0 Å². The molecule has 5 nitrogen and oxygen atoms in total. The SMILES string of the molecule is COc1cc(Cl)c(C)cc1Nc1nc[nH]c(=O)c1Br. The third-order valence-electron chi connectivity index (χ3n) is 2.53. The third-order valence-corrected chi connectivity index (χ3v) is 3.67. The molecule has 0 fully saturated rings. The van der Waals surface area contributed by atoms with Crippen molar-refractivity contribution in [2.75, 3.05) is 12.4 Å². The lowest BCUT2D eigenvalue weighted by molar-refractivity contribution is 0.416. The number of aryl methyl sites for hydroxylation is 1. The lowest BCUT2D eigenvalue weighted by atomic mass is 10.2. The lowest BCUT2D eigenvalue weighted by Gasteiger charge is -2.13. The first-order valence-electron chi connectivity index (χ1n) is 5.37. The smallest absolute Gasteiger partial charge is 0.267 e. The summed E-state index contributed by atoms with van der Waals surface area (Å²) in [7, 11) is 1.55. The Balaban J connectivity index is 2.46. The van der Waals surface area contributed by atoms with E-state index < -0.39 is 0 Å². The maximum absolute atomic E-state index is 11.5. The van der Waals surface area contributed by atoms with Crippen LogP contribution in [0.3, 0.4) is 0 Å². The van der Waals surface area contributed by atoms with Gasteiger partial charge in [0.1, 0.15) is 10.2 Å². The number of anilines is 2. The molecule has 0 unspecified atom stereocenters. The molecule has 100 valence electrons. The Morgan fingerprint density at radius 2 is 2.21 bits per heavy atom. The number of benzene rings is 1. The number of aromatic amines is 1. The van der Waals surface area contributed by atoms with Crippen molar-refractivity contribution in [2.24, 2.45) is 0 Å². The fourth-order valence-electron chi connectivity index (χ4n) is 1.53. The molecule has 0 aliphatic carbocycles. The van der Waals surface area contributed by atoms with Crippen LogP contribution in [-0.2, 0) is 0 Å². The number of nitrogens with zero attached hydrogens (tertiary/aromatic N) is 1. The van der Waals surface area contributed by atoms with Gasteiger partial charge >= 0.3 is 0 Å². The van der Waals surface area contributed by atoms with E-state index in [4.69, 9.17) is 16.3 Å². The molecule has 0 aliphatic heterocycles. The van der Waals surface area contributed by atoms with E-state index in [1.165, 1.54) is 6.33 Å². The normalized spacial score (nSPS) is 10.3. The van der Waals surface area contributed by atoms with E-state index in [2.05, 4.69) is 31.2 Å². The van der Waals surface area contributed by atoms with Gasteiger partial charge in [-0.05, 0) is 34.5 Å². The standard InChI is InChI=1S/C12H11BrClN3O2/c1-6-3-8(9(19-2)4-7(6)14)17-11-10(13)12(18)16-5-15-11/h3-5H,1-2H3,(H2,15,16,17,18). The summed E-state index contributed by atoms with van der Waals surface area (Å²) in [4.78, 5) is 18.0. The molecule has 1 heterocycles. The maximum atomic E-state index is 11.5. The van der Waals surface area contributed by atoms with E-state index in [1.54, 1.807) is 13.2 Å². The molecule has 0 saturated carbocycles. The number of methoxy groups -OCH3 is 1. The molecule has 0 spiro atoms. The molecule has 2 N–H and O–H groups in total. The summed E-state index contributed by atoms with van der Waals surface area (Å²) in [6.07, 6.45) is 1.32. The van der Waals surface area contributed by atoms with Crippen molar-refractivity contribution in [3.05, 3.63) is 43.9 Å². The first-order chi connectivity index (χ1) is 9.02. The molecule has 2 rings (SSSR count). The van der Waals surface area contributed by atoms with Gasteiger partial charge in [0, 0.05) is 11.1 Å². The average molecular weight is 345 g/mol. The number of aromatic nitrogens is 2. The van der Waals surface area contributed by atoms with Crippen LogP contribution in [0.4, 0.5) is 11.5 Å². The molecule has 7 heteroatoms. The minimum Gasteiger partial charge on any atom is -0.495 e. The van der Waals surface area contributed by atoms with Gasteiger partial charge in [0.25, 0.3) is 5.56 Å². The van der Waals surface area contributed by atoms with Crippen molar-refractivity contribution in [3.8, 4) is 5.75 Å². The quantitative estimate of drug-likeness (QED) is 0.897. The minimum atomic E-state index is -0.262. The second kappa shape index (κ2) is 5.63. The van der Waals surface area contributed by atoms with Gasteiger partial charge in [0.05, 0.1) is 19.1 Å². The number of hydrogen-bond donors (Lipinski definition) is 2. The van der Waals surface area contributed by atoms with E-state index >= 15 is 0 Å². The molecule has 0 aliphatic rings. The zero-order chi connectivity index (χ0) is 14.0. The zero-order valence-corrected chi connectivity index (χ0v) is 12.6. The number of nitrogens with one attached hydrogen (secondary N) is 2. The van der Waals surface area contributed by atoms with Gasteiger partial charge in [0.2, 0.25) is 0 Å². The Hall–Kier alpha value is -1.53. The average Bonchev–Trinajstić information content (AvgIpc) is 2.39. The van der Waals surface area contributed by atoms with Crippen molar-refractivity contribution >= 4 is 39.0 Å². The van der Waals surface area contributed by atoms with Gasteiger partial charge in [-0.3, -0.25) is 4.79 Å².